The van der Waals surface area contributed by atoms with Crippen molar-refractivity contribution in [3.63, 3.8) is 0 Å². The largest absolute Gasteiger partial charge is 0.343 e. The van der Waals surface area contributed by atoms with Crippen LogP contribution < -0.4 is 4.90 Å². The number of rotatable bonds is 0. The summed E-state index contributed by atoms with van der Waals surface area (Å²) in [5, 5.41) is 0. The van der Waals surface area contributed by atoms with Gasteiger partial charge >= 0.3 is 0 Å². The lowest BCUT2D eigenvalue weighted by Gasteiger charge is -2.50. The average molecular weight is 314 g/mol. The quantitative estimate of drug-likeness (QED) is 0.559. The highest BCUT2D eigenvalue weighted by Gasteiger charge is 2.38. The van der Waals surface area contributed by atoms with Gasteiger partial charge in [-0.15, -0.1) is 0 Å². The maximum atomic E-state index is 2.39. The van der Waals surface area contributed by atoms with E-state index in [1.165, 1.54) is 42.1 Å². The first kappa shape index (κ1) is 15.5. The second-order valence-corrected chi connectivity index (χ2v) is 9.31. The second-order valence-electron chi connectivity index (χ2n) is 5.85. The summed E-state index contributed by atoms with van der Waals surface area (Å²) in [4.78, 5) is 5.64. The third-order valence-corrected chi connectivity index (χ3v) is 9.13. The van der Waals surface area contributed by atoms with Gasteiger partial charge in [-0.25, -0.2) is 0 Å². The molecule has 2 heterocycles. The summed E-state index contributed by atoms with van der Waals surface area (Å²) < 4.78 is 0. The Morgan fingerprint density at radius 3 is 1.68 bits per heavy atom. The minimum absolute atomic E-state index is 0.792. The number of anilines is 2. The van der Waals surface area contributed by atoms with Gasteiger partial charge in [-0.3, -0.25) is 0 Å². The van der Waals surface area contributed by atoms with Gasteiger partial charge in [0, 0.05) is 16.8 Å². The lowest BCUT2D eigenvalue weighted by Crippen LogP contribution is -2.25. The fourth-order valence-electron chi connectivity index (χ4n) is 3.79. The molecule has 0 aromatic heterocycles. The standard InChI is InChI=1S/C18H21NS.C2H6/c1-19-15-9-3-5-11-17(15)20(13-7-2-8-14-20)18-12-6-4-10-16(18)19;1-2/h3-6,9-12H,2,7-8,13-14H2,1H3;1-2H3. The molecule has 2 aromatic rings. The Morgan fingerprint density at radius 1 is 0.727 bits per heavy atom. The van der Waals surface area contributed by atoms with Gasteiger partial charge in [0.1, 0.15) is 0 Å². The molecule has 0 aliphatic carbocycles. The lowest BCUT2D eigenvalue weighted by molar-refractivity contribution is 0.749. The van der Waals surface area contributed by atoms with E-state index in [-0.39, 0.29) is 0 Å². The Morgan fingerprint density at radius 2 is 1.18 bits per heavy atom. The van der Waals surface area contributed by atoms with E-state index in [9.17, 15) is 0 Å². The molecule has 2 heteroatoms. The van der Waals surface area contributed by atoms with E-state index in [1.807, 2.05) is 13.8 Å². The van der Waals surface area contributed by atoms with E-state index in [2.05, 4.69) is 60.5 Å². The topological polar surface area (TPSA) is 3.24 Å². The molecule has 2 aliphatic heterocycles. The number of benzene rings is 2. The highest BCUT2D eigenvalue weighted by Crippen LogP contribution is 2.71. The molecule has 0 amide bonds. The van der Waals surface area contributed by atoms with Crippen LogP contribution in [-0.2, 0) is 0 Å². The van der Waals surface area contributed by atoms with Crippen LogP contribution >= 0.6 is 10.0 Å². The maximum absolute atomic E-state index is 2.39. The van der Waals surface area contributed by atoms with Crippen LogP contribution in [0, 0.1) is 0 Å². The SMILES string of the molecule is CC.CN1c2ccccc2S2(CCCCC2)c2ccccc21. The Labute approximate surface area is 136 Å². The van der Waals surface area contributed by atoms with Crippen molar-refractivity contribution in [2.45, 2.75) is 42.9 Å². The molecule has 0 unspecified atom stereocenters. The zero-order valence-electron chi connectivity index (χ0n) is 14.0. The van der Waals surface area contributed by atoms with Crippen molar-refractivity contribution in [2.24, 2.45) is 0 Å². The molecule has 2 aromatic carbocycles. The lowest BCUT2D eigenvalue weighted by atomic mass is 10.2. The molecule has 2 aliphatic rings. The van der Waals surface area contributed by atoms with Gasteiger partial charge in [0.15, 0.2) is 0 Å². The molecule has 0 bridgehead atoms. The number of hydrogen-bond acceptors (Lipinski definition) is 1. The molecule has 0 N–H and O–H groups in total. The number of fused-ring (bicyclic) bond motifs is 4. The molecule has 22 heavy (non-hydrogen) atoms. The minimum Gasteiger partial charge on any atom is -0.343 e. The van der Waals surface area contributed by atoms with E-state index in [0.717, 1.165) is 0 Å². The molecule has 118 valence electrons. The molecular weight excluding hydrogens is 286 g/mol. The summed E-state index contributed by atoms with van der Waals surface area (Å²) in [7, 11) is 1.42. The summed E-state index contributed by atoms with van der Waals surface area (Å²) in [6.45, 7) is 4.00. The van der Waals surface area contributed by atoms with Crippen LogP contribution in [0.4, 0.5) is 11.4 Å². The van der Waals surface area contributed by atoms with Crippen LogP contribution in [0.25, 0.3) is 0 Å². The zero-order chi connectivity index (χ0) is 15.6. The van der Waals surface area contributed by atoms with Crippen molar-refractivity contribution in [1.29, 1.82) is 0 Å². The fourth-order valence-corrected chi connectivity index (χ4v) is 8.40. The monoisotopic (exact) mass is 313 g/mol. The average Bonchev–Trinajstić information content (AvgIpc) is 2.63. The van der Waals surface area contributed by atoms with Gasteiger partial charge < -0.3 is 4.90 Å². The van der Waals surface area contributed by atoms with E-state index in [1.54, 1.807) is 9.79 Å². The predicted molar refractivity (Wildman–Crippen MR) is 100 cm³/mol. The summed E-state index contributed by atoms with van der Waals surface area (Å²) in [6.07, 6.45) is 4.19. The molecule has 1 spiro atoms. The molecule has 1 fully saturated rings. The van der Waals surface area contributed by atoms with Crippen molar-refractivity contribution in [3.05, 3.63) is 48.5 Å². The van der Waals surface area contributed by atoms with Gasteiger partial charge in [0.2, 0.25) is 0 Å². The summed E-state index contributed by atoms with van der Waals surface area (Å²) in [5.74, 6) is 2.77. The predicted octanol–water partition coefficient (Wildman–Crippen LogP) is 6.20. The summed E-state index contributed by atoms with van der Waals surface area (Å²) in [5.41, 5.74) is 2.87. The zero-order valence-corrected chi connectivity index (χ0v) is 14.8. The summed E-state index contributed by atoms with van der Waals surface area (Å²) >= 11 is 0. The number of nitrogens with zero attached hydrogens (tertiary/aromatic N) is 1. The van der Waals surface area contributed by atoms with Crippen LogP contribution in [0.1, 0.15) is 33.1 Å². The summed E-state index contributed by atoms with van der Waals surface area (Å²) in [6, 6.07) is 18.2. The van der Waals surface area contributed by atoms with E-state index in [4.69, 9.17) is 0 Å². The van der Waals surface area contributed by atoms with Crippen molar-refractivity contribution < 1.29 is 0 Å². The van der Waals surface area contributed by atoms with Gasteiger partial charge in [-0.05, 0) is 48.6 Å². The van der Waals surface area contributed by atoms with Gasteiger partial charge in [0.25, 0.3) is 0 Å². The highest BCUT2D eigenvalue weighted by molar-refractivity contribution is 8.34. The second kappa shape index (κ2) is 6.37. The Bertz CT molecular complexity index is 594. The molecule has 1 nitrogen and oxygen atoms in total. The van der Waals surface area contributed by atoms with Crippen LogP contribution in [-0.4, -0.2) is 18.6 Å². The maximum Gasteiger partial charge on any atom is 0.0534 e. The van der Waals surface area contributed by atoms with Gasteiger partial charge in [0.05, 0.1) is 11.4 Å². The van der Waals surface area contributed by atoms with Crippen molar-refractivity contribution in [2.75, 3.05) is 23.5 Å². The Kier molecular flexibility index (Phi) is 4.49. The Balaban J connectivity index is 0.000000693. The van der Waals surface area contributed by atoms with Crippen LogP contribution in [0.3, 0.4) is 0 Å². The first-order valence-corrected chi connectivity index (χ1v) is 10.5. The molecule has 0 atom stereocenters. The smallest absolute Gasteiger partial charge is 0.0534 e. The first-order chi connectivity index (χ1) is 10.8. The number of hydrogen-bond donors (Lipinski definition) is 0. The van der Waals surface area contributed by atoms with Gasteiger partial charge in [-0.2, -0.15) is 10.0 Å². The van der Waals surface area contributed by atoms with Crippen molar-refractivity contribution in [1.82, 2.24) is 0 Å². The minimum atomic E-state index is -0.792. The molecule has 1 saturated heterocycles. The molecule has 4 rings (SSSR count). The Hall–Kier alpha value is -1.41. The van der Waals surface area contributed by atoms with E-state index in [0.29, 0.717) is 0 Å². The molecular formula is C20H27NS. The van der Waals surface area contributed by atoms with Gasteiger partial charge in [-0.1, -0.05) is 44.5 Å². The third kappa shape index (κ3) is 2.25. The molecule has 0 saturated carbocycles. The fraction of sp³-hybridized carbons (Fsp3) is 0.400. The van der Waals surface area contributed by atoms with Crippen LogP contribution in [0.2, 0.25) is 0 Å². The van der Waals surface area contributed by atoms with Crippen molar-refractivity contribution in [3.8, 4) is 0 Å². The van der Waals surface area contributed by atoms with Crippen LogP contribution in [0.15, 0.2) is 58.3 Å². The normalized spacial score (nSPS) is 19.5. The van der Waals surface area contributed by atoms with E-state index < -0.39 is 10.0 Å². The first-order valence-electron chi connectivity index (χ1n) is 8.53. The van der Waals surface area contributed by atoms with Crippen LogP contribution in [0.5, 0.6) is 0 Å². The van der Waals surface area contributed by atoms with E-state index >= 15 is 0 Å². The number of para-hydroxylation sites is 2. The third-order valence-electron chi connectivity index (χ3n) is 4.78. The molecule has 0 radical (unpaired) electrons. The van der Waals surface area contributed by atoms with Crippen molar-refractivity contribution >= 4 is 21.4 Å². The highest BCUT2D eigenvalue weighted by atomic mass is 32.3.